The Morgan fingerprint density at radius 3 is 2.27 bits per heavy atom. The number of nitrogens with one attached hydrogen (secondary N) is 2. The summed E-state index contributed by atoms with van der Waals surface area (Å²) in [4.78, 5) is 23.9. The molecule has 26 heavy (non-hydrogen) atoms. The molecular weight excluding hydrogens is 354 g/mol. The van der Waals surface area contributed by atoms with Crippen LogP contribution in [0, 0.1) is 11.3 Å². The molecular formula is C18H17N3O4S. The van der Waals surface area contributed by atoms with Gasteiger partial charge in [-0.05, 0) is 43.3 Å². The van der Waals surface area contributed by atoms with Gasteiger partial charge in [-0.2, -0.15) is 5.26 Å². The van der Waals surface area contributed by atoms with Crippen molar-refractivity contribution in [2.45, 2.75) is 24.3 Å². The number of carbonyl (C=O) groups excluding carboxylic acids is 2. The fourth-order valence-electron chi connectivity index (χ4n) is 2.18. The number of benzene rings is 2. The third-order valence-electron chi connectivity index (χ3n) is 3.45. The second-order valence-electron chi connectivity index (χ2n) is 5.61. The van der Waals surface area contributed by atoms with Gasteiger partial charge in [-0.3, -0.25) is 9.59 Å². The summed E-state index contributed by atoms with van der Waals surface area (Å²) < 4.78 is 26.3. The summed E-state index contributed by atoms with van der Waals surface area (Å²) in [5.41, 5.74) is 0.762. The normalized spacial score (nSPS) is 11.8. The zero-order valence-corrected chi connectivity index (χ0v) is 14.8. The van der Waals surface area contributed by atoms with Crippen LogP contribution < -0.4 is 10.0 Å². The van der Waals surface area contributed by atoms with Crippen LogP contribution in [-0.2, 0) is 14.8 Å². The van der Waals surface area contributed by atoms with Crippen LogP contribution in [0.25, 0.3) is 0 Å². The van der Waals surface area contributed by atoms with E-state index in [0.717, 1.165) is 0 Å². The molecule has 2 aromatic carbocycles. The van der Waals surface area contributed by atoms with Crippen LogP contribution in [0.15, 0.2) is 59.5 Å². The number of rotatable bonds is 6. The second kappa shape index (κ2) is 8.27. The van der Waals surface area contributed by atoms with Crippen LogP contribution in [-0.4, -0.2) is 26.3 Å². The maximum Gasteiger partial charge on any atom is 0.264 e. The molecule has 1 atom stereocenters. The lowest BCUT2D eigenvalue weighted by atomic mass is 10.2. The number of hydrogen-bond acceptors (Lipinski definition) is 5. The topological polar surface area (TPSA) is 116 Å². The van der Waals surface area contributed by atoms with Gasteiger partial charge < -0.3 is 5.32 Å². The molecule has 0 fully saturated rings. The molecule has 0 saturated carbocycles. The minimum atomic E-state index is -4.03. The largest absolute Gasteiger partial charge is 0.349 e. The Hall–Kier alpha value is -3.18. The highest BCUT2D eigenvalue weighted by molar-refractivity contribution is 7.90. The van der Waals surface area contributed by atoms with Crippen LogP contribution in [0.4, 0.5) is 0 Å². The van der Waals surface area contributed by atoms with E-state index < -0.39 is 22.0 Å². The van der Waals surface area contributed by atoms with Gasteiger partial charge in [0, 0.05) is 18.0 Å². The fourth-order valence-corrected chi connectivity index (χ4v) is 3.18. The Morgan fingerprint density at radius 2 is 1.69 bits per heavy atom. The first kappa shape index (κ1) is 19.1. The minimum absolute atomic E-state index is 0.120. The van der Waals surface area contributed by atoms with Crippen molar-refractivity contribution in [2.24, 2.45) is 0 Å². The highest BCUT2D eigenvalue weighted by Crippen LogP contribution is 2.10. The standard InChI is InChI=1S/C18H17N3O4S/c1-13(20-18(23)15-5-3-2-4-6-15)11-17(22)21-26(24,25)16-9-7-14(12-19)8-10-16/h2-10,13H,11H2,1H3,(H,20,23)(H,21,22)/t13-/m0/s1. The van der Waals surface area contributed by atoms with Crippen molar-refractivity contribution in [1.29, 1.82) is 5.26 Å². The molecule has 2 N–H and O–H groups in total. The van der Waals surface area contributed by atoms with E-state index in [-0.39, 0.29) is 17.2 Å². The summed E-state index contributed by atoms with van der Waals surface area (Å²) in [6, 6.07) is 15.0. The van der Waals surface area contributed by atoms with Crippen molar-refractivity contribution < 1.29 is 18.0 Å². The first-order chi connectivity index (χ1) is 12.3. The van der Waals surface area contributed by atoms with Crippen LogP contribution in [0.2, 0.25) is 0 Å². The van der Waals surface area contributed by atoms with Crippen LogP contribution in [0.5, 0.6) is 0 Å². The molecule has 0 radical (unpaired) electrons. The number of hydrogen-bond donors (Lipinski definition) is 2. The van der Waals surface area contributed by atoms with E-state index >= 15 is 0 Å². The van der Waals surface area contributed by atoms with Gasteiger partial charge in [-0.25, -0.2) is 13.1 Å². The molecule has 0 heterocycles. The molecule has 0 aliphatic rings. The Balaban J connectivity index is 1.94. The van der Waals surface area contributed by atoms with Crippen molar-refractivity contribution in [3.63, 3.8) is 0 Å². The molecule has 0 aromatic heterocycles. The summed E-state index contributed by atoms with van der Waals surface area (Å²) in [6.45, 7) is 1.61. The molecule has 0 unspecified atom stereocenters. The Labute approximate surface area is 151 Å². The minimum Gasteiger partial charge on any atom is -0.349 e. The summed E-state index contributed by atoms with van der Waals surface area (Å²) in [7, 11) is -4.03. The Bertz CT molecular complexity index is 933. The van der Waals surface area contributed by atoms with E-state index in [4.69, 9.17) is 5.26 Å². The zero-order chi connectivity index (χ0) is 19.2. The Kier molecular flexibility index (Phi) is 6.09. The van der Waals surface area contributed by atoms with Crippen LogP contribution in [0.1, 0.15) is 29.3 Å². The van der Waals surface area contributed by atoms with E-state index in [1.54, 1.807) is 37.3 Å². The molecule has 2 amide bonds. The van der Waals surface area contributed by atoms with Crippen LogP contribution >= 0.6 is 0 Å². The van der Waals surface area contributed by atoms with E-state index in [1.165, 1.54) is 24.3 Å². The van der Waals surface area contributed by atoms with Gasteiger partial charge in [0.1, 0.15) is 0 Å². The predicted octanol–water partition coefficient (Wildman–Crippen LogP) is 1.57. The van der Waals surface area contributed by atoms with Crippen LogP contribution in [0.3, 0.4) is 0 Å². The first-order valence-electron chi connectivity index (χ1n) is 7.73. The molecule has 8 heteroatoms. The fraction of sp³-hybridized carbons (Fsp3) is 0.167. The van der Waals surface area contributed by atoms with Crippen molar-refractivity contribution in [1.82, 2.24) is 10.0 Å². The van der Waals surface area contributed by atoms with Crippen molar-refractivity contribution >= 4 is 21.8 Å². The van der Waals surface area contributed by atoms with E-state index in [1.807, 2.05) is 10.8 Å². The zero-order valence-electron chi connectivity index (χ0n) is 14.0. The lowest BCUT2D eigenvalue weighted by Gasteiger charge is -2.14. The number of nitrogens with zero attached hydrogens (tertiary/aromatic N) is 1. The highest BCUT2D eigenvalue weighted by atomic mass is 32.2. The maximum absolute atomic E-state index is 12.2. The Morgan fingerprint density at radius 1 is 1.08 bits per heavy atom. The quantitative estimate of drug-likeness (QED) is 0.799. The number of amides is 2. The van der Waals surface area contributed by atoms with Gasteiger partial charge in [0.25, 0.3) is 15.9 Å². The monoisotopic (exact) mass is 371 g/mol. The molecule has 0 bridgehead atoms. The lowest BCUT2D eigenvalue weighted by molar-refractivity contribution is -0.119. The van der Waals surface area contributed by atoms with Crippen molar-refractivity contribution in [3.05, 3.63) is 65.7 Å². The summed E-state index contributed by atoms with van der Waals surface area (Å²) in [6.07, 6.45) is -0.200. The molecule has 0 aliphatic heterocycles. The van der Waals surface area contributed by atoms with Gasteiger partial charge in [0.15, 0.2) is 0 Å². The van der Waals surface area contributed by atoms with E-state index in [2.05, 4.69) is 5.32 Å². The average Bonchev–Trinajstić information content (AvgIpc) is 2.61. The molecule has 2 rings (SSSR count). The second-order valence-corrected chi connectivity index (χ2v) is 7.29. The molecule has 2 aromatic rings. The SMILES string of the molecule is C[C@@H](CC(=O)NS(=O)(=O)c1ccc(C#N)cc1)NC(=O)c1ccccc1. The number of carbonyl (C=O) groups is 2. The van der Waals surface area contributed by atoms with Gasteiger partial charge in [-0.1, -0.05) is 18.2 Å². The first-order valence-corrected chi connectivity index (χ1v) is 9.22. The highest BCUT2D eigenvalue weighted by Gasteiger charge is 2.20. The van der Waals surface area contributed by atoms with E-state index in [0.29, 0.717) is 11.1 Å². The van der Waals surface area contributed by atoms with Crippen molar-refractivity contribution in [2.75, 3.05) is 0 Å². The average molecular weight is 371 g/mol. The molecule has 7 nitrogen and oxygen atoms in total. The lowest BCUT2D eigenvalue weighted by Crippen LogP contribution is -2.39. The van der Waals surface area contributed by atoms with E-state index in [9.17, 15) is 18.0 Å². The smallest absolute Gasteiger partial charge is 0.264 e. The number of sulfonamides is 1. The summed E-state index contributed by atoms with van der Waals surface area (Å²) in [5, 5.41) is 11.4. The molecule has 0 spiro atoms. The van der Waals surface area contributed by atoms with Gasteiger partial charge in [0.05, 0.1) is 16.5 Å². The number of nitriles is 1. The molecule has 0 aliphatic carbocycles. The predicted molar refractivity (Wildman–Crippen MR) is 94.5 cm³/mol. The maximum atomic E-state index is 12.2. The molecule has 134 valence electrons. The van der Waals surface area contributed by atoms with Gasteiger partial charge >= 0.3 is 0 Å². The van der Waals surface area contributed by atoms with Gasteiger partial charge in [-0.15, -0.1) is 0 Å². The third kappa shape index (κ3) is 5.16. The van der Waals surface area contributed by atoms with Gasteiger partial charge in [0.2, 0.25) is 5.91 Å². The summed E-state index contributed by atoms with van der Waals surface area (Å²) >= 11 is 0. The van der Waals surface area contributed by atoms with Crippen molar-refractivity contribution in [3.8, 4) is 6.07 Å². The molecule has 0 saturated heterocycles. The third-order valence-corrected chi connectivity index (χ3v) is 4.84. The summed E-state index contributed by atoms with van der Waals surface area (Å²) in [5.74, 6) is -1.09.